The van der Waals surface area contributed by atoms with Crippen LogP contribution in [0.3, 0.4) is 0 Å². The first-order valence-corrected chi connectivity index (χ1v) is 9.22. The molecule has 0 fully saturated rings. The van der Waals surface area contributed by atoms with Crippen LogP contribution in [0.5, 0.6) is 11.5 Å². The first-order valence-electron chi connectivity index (χ1n) is 9.22. The number of nitrogens with zero attached hydrogens (tertiary/aromatic N) is 1. The second-order valence-corrected chi connectivity index (χ2v) is 6.54. The lowest BCUT2D eigenvalue weighted by molar-refractivity contribution is 0.0949. The molecule has 0 bridgehead atoms. The van der Waals surface area contributed by atoms with E-state index < -0.39 is 5.82 Å². The van der Waals surface area contributed by atoms with Crippen LogP contribution in [0.4, 0.5) is 4.39 Å². The summed E-state index contributed by atoms with van der Waals surface area (Å²) < 4.78 is 29.9. The van der Waals surface area contributed by atoms with Crippen molar-refractivity contribution in [2.45, 2.75) is 6.54 Å². The van der Waals surface area contributed by atoms with Gasteiger partial charge in [-0.25, -0.2) is 9.37 Å². The number of amides is 1. The molecule has 30 heavy (non-hydrogen) atoms. The Morgan fingerprint density at radius 2 is 1.97 bits per heavy atom. The minimum atomic E-state index is -0.445. The highest BCUT2D eigenvalue weighted by Gasteiger charge is 2.17. The van der Waals surface area contributed by atoms with Gasteiger partial charge in [0, 0.05) is 17.0 Å². The van der Waals surface area contributed by atoms with Crippen LogP contribution in [0, 0.1) is 5.82 Å². The van der Waals surface area contributed by atoms with E-state index in [1.807, 2.05) is 0 Å². The maximum absolute atomic E-state index is 13.9. The molecule has 0 unspecified atom stereocenters. The number of hydrogen-bond acceptors (Lipinski definition) is 5. The smallest absolute Gasteiger partial charge is 0.252 e. The van der Waals surface area contributed by atoms with Gasteiger partial charge in [0.05, 0.1) is 43.8 Å². The van der Waals surface area contributed by atoms with Crippen LogP contribution >= 0.6 is 0 Å². The maximum Gasteiger partial charge on any atom is 0.252 e. The molecular formula is C23H19FN2O4. The standard InChI is InChI=1S/C23H19FN2O4/c1-28-15-6-7-17(22(11-15)29-2)21-12-19(18-10-14(24)5-8-20(18)26-21)23(27)25-13-16-4-3-9-30-16/h3-12H,13H2,1-2H3,(H,25,27). The fraction of sp³-hybridized carbons (Fsp3) is 0.130. The SMILES string of the molecule is COc1ccc(-c2cc(C(=O)NCc3ccco3)c3cc(F)ccc3n2)c(OC)c1. The number of carbonyl (C=O) groups excluding carboxylic acids is 1. The molecule has 7 heteroatoms. The van der Waals surface area contributed by atoms with E-state index in [-0.39, 0.29) is 12.5 Å². The van der Waals surface area contributed by atoms with Gasteiger partial charge in [-0.05, 0) is 48.5 Å². The second kappa shape index (κ2) is 8.24. The van der Waals surface area contributed by atoms with Crippen molar-refractivity contribution in [3.8, 4) is 22.8 Å². The van der Waals surface area contributed by atoms with Gasteiger partial charge in [0.1, 0.15) is 23.1 Å². The van der Waals surface area contributed by atoms with Crippen LogP contribution in [0.25, 0.3) is 22.2 Å². The van der Waals surface area contributed by atoms with E-state index in [2.05, 4.69) is 10.3 Å². The molecule has 0 atom stereocenters. The van der Waals surface area contributed by atoms with Crippen molar-refractivity contribution in [3.05, 3.63) is 78.0 Å². The first-order chi connectivity index (χ1) is 14.6. The number of carbonyl (C=O) groups is 1. The zero-order valence-corrected chi connectivity index (χ0v) is 16.4. The third-order valence-corrected chi connectivity index (χ3v) is 4.70. The summed E-state index contributed by atoms with van der Waals surface area (Å²) in [4.78, 5) is 17.6. The van der Waals surface area contributed by atoms with Crippen LogP contribution < -0.4 is 14.8 Å². The summed E-state index contributed by atoms with van der Waals surface area (Å²) in [7, 11) is 3.12. The average molecular weight is 406 g/mol. The Labute approximate surface area is 172 Å². The summed E-state index contributed by atoms with van der Waals surface area (Å²) in [6.07, 6.45) is 1.53. The Bertz CT molecular complexity index is 1210. The Morgan fingerprint density at radius 1 is 1.10 bits per heavy atom. The fourth-order valence-corrected chi connectivity index (χ4v) is 3.21. The fourth-order valence-electron chi connectivity index (χ4n) is 3.21. The number of fused-ring (bicyclic) bond motifs is 1. The maximum atomic E-state index is 13.9. The van der Waals surface area contributed by atoms with Crippen molar-refractivity contribution in [1.82, 2.24) is 10.3 Å². The van der Waals surface area contributed by atoms with Crippen molar-refractivity contribution >= 4 is 16.8 Å². The highest BCUT2D eigenvalue weighted by atomic mass is 19.1. The number of methoxy groups -OCH3 is 2. The van der Waals surface area contributed by atoms with E-state index in [1.54, 1.807) is 56.7 Å². The largest absolute Gasteiger partial charge is 0.497 e. The zero-order valence-electron chi connectivity index (χ0n) is 16.4. The van der Waals surface area contributed by atoms with Gasteiger partial charge in [-0.15, -0.1) is 0 Å². The molecule has 4 rings (SSSR count). The number of halogens is 1. The number of ether oxygens (including phenoxy) is 2. The van der Waals surface area contributed by atoms with Gasteiger partial charge in [0.2, 0.25) is 0 Å². The summed E-state index contributed by atoms with van der Waals surface area (Å²) in [6.45, 7) is 0.214. The molecule has 0 saturated heterocycles. The molecule has 0 aliphatic carbocycles. The number of benzene rings is 2. The zero-order chi connectivity index (χ0) is 21.1. The normalized spacial score (nSPS) is 10.8. The topological polar surface area (TPSA) is 73.6 Å². The molecule has 2 aromatic carbocycles. The molecule has 1 amide bonds. The van der Waals surface area contributed by atoms with E-state index in [1.165, 1.54) is 18.4 Å². The van der Waals surface area contributed by atoms with E-state index in [9.17, 15) is 9.18 Å². The molecule has 4 aromatic rings. The van der Waals surface area contributed by atoms with Gasteiger partial charge in [0.25, 0.3) is 5.91 Å². The predicted molar refractivity (Wildman–Crippen MR) is 110 cm³/mol. The predicted octanol–water partition coefficient (Wildman–Crippen LogP) is 4.58. The van der Waals surface area contributed by atoms with Gasteiger partial charge in [0.15, 0.2) is 0 Å². The van der Waals surface area contributed by atoms with Crippen LogP contribution in [0.15, 0.2) is 65.3 Å². The second-order valence-electron chi connectivity index (χ2n) is 6.54. The van der Waals surface area contributed by atoms with Gasteiger partial charge in [-0.1, -0.05) is 0 Å². The lowest BCUT2D eigenvalue weighted by atomic mass is 10.0. The number of rotatable bonds is 6. The van der Waals surface area contributed by atoms with E-state index in [0.29, 0.717) is 45.0 Å². The average Bonchev–Trinajstić information content (AvgIpc) is 3.30. The van der Waals surface area contributed by atoms with Gasteiger partial charge >= 0.3 is 0 Å². The molecule has 6 nitrogen and oxygen atoms in total. The number of furan rings is 1. The highest BCUT2D eigenvalue weighted by molar-refractivity contribution is 6.07. The van der Waals surface area contributed by atoms with Crippen molar-refractivity contribution in [1.29, 1.82) is 0 Å². The molecule has 1 N–H and O–H groups in total. The van der Waals surface area contributed by atoms with E-state index >= 15 is 0 Å². The van der Waals surface area contributed by atoms with Gasteiger partial charge in [-0.3, -0.25) is 4.79 Å². The van der Waals surface area contributed by atoms with E-state index in [0.717, 1.165) is 0 Å². The van der Waals surface area contributed by atoms with Crippen LogP contribution in [0.1, 0.15) is 16.1 Å². The molecule has 152 valence electrons. The highest BCUT2D eigenvalue weighted by Crippen LogP contribution is 2.34. The minimum absolute atomic E-state index is 0.214. The third kappa shape index (κ3) is 3.82. The molecule has 2 aromatic heterocycles. The van der Waals surface area contributed by atoms with Gasteiger partial charge < -0.3 is 19.2 Å². The number of aromatic nitrogens is 1. The van der Waals surface area contributed by atoms with Crippen molar-refractivity contribution < 1.29 is 23.1 Å². The number of hydrogen-bond donors (Lipinski definition) is 1. The monoisotopic (exact) mass is 406 g/mol. The Morgan fingerprint density at radius 3 is 2.70 bits per heavy atom. The van der Waals surface area contributed by atoms with Crippen LogP contribution in [-0.2, 0) is 6.54 Å². The first kappa shape index (κ1) is 19.4. The lowest BCUT2D eigenvalue weighted by Crippen LogP contribution is -2.23. The number of pyridine rings is 1. The van der Waals surface area contributed by atoms with Crippen LogP contribution in [-0.4, -0.2) is 25.1 Å². The summed E-state index contributed by atoms with van der Waals surface area (Å²) in [5, 5.41) is 3.22. The summed E-state index contributed by atoms with van der Waals surface area (Å²) in [5.74, 6) is 0.988. The van der Waals surface area contributed by atoms with E-state index in [4.69, 9.17) is 13.9 Å². The third-order valence-electron chi connectivity index (χ3n) is 4.70. The molecular weight excluding hydrogens is 387 g/mol. The molecule has 2 heterocycles. The molecule has 0 spiro atoms. The van der Waals surface area contributed by atoms with Crippen LogP contribution in [0.2, 0.25) is 0 Å². The Hall–Kier alpha value is -3.87. The molecule has 0 aliphatic rings. The van der Waals surface area contributed by atoms with Gasteiger partial charge in [-0.2, -0.15) is 0 Å². The summed E-state index contributed by atoms with van der Waals surface area (Å²) >= 11 is 0. The number of nitrogens with one attached hydrogen (secondary N) is 1. The Kier molecular flexibility index (Phi) is 5.34. The summed E-state index contributed by atoms with van der Waals surface area (Å²) in [6, 6.07) is 14.6. The molecule has 0 radical (unpaired) electrons. The van der Waals surface area contributed by atoms with Crippen molar-refractivity contribution in [2.75, 3.05) is 14.2 Å². The summed E-state index contributed by atoms with van der Waals surface area (Å²) in [5.41, 5.74) is 2.01. The lowest BCUT2D eigenvalue weighted by Gasteiger charge is -2.13. The van der Waals surface area contributed by atoms with Crippen molar-refractivity contribution in [3.63, 3.8) is 0 Å². The minimum Gasteiger partial charge on any atom is -0.497 e. The van der Waals surface area contributed by atoms with Crippen molar-refractivity contribution in [2.24, 2.45) is 0 Å². The Balaban J connectivity index is 1.81. The molecule has 0 saturated carbocycles. The molecule has 0 aliphatic heterocycles. The quantitative estimate of drug-likeness (QED) is 0.507.